The molecule has 5 heterocycles. The van der Waals surface area contributed by atoms with E-state index in [1.807, 2.05) is 42.6 Å². The molecule has 54 heavy (non-hydrogen) atoms. The van der Waals surface area contributed by atoms with Crippen molar-refractivity contribution in [2.24, 2.45) is 11.7 Å². The zero-order chi connectivity index (χ0) is 37.5. The van der Waals surface area contributed by atoms with E-state index in [9.17, 15) is 19.2 Å². The second-order valence-corrected chi connectivity index (χ2v) is 15.9. The topological polar surface area (TPSA) is 141 Å². The predicted molar refractivity (Wildman–Crippen MR) is 204 cm³/mol. The maximum absolute atomic E-state index is 13.5. The van der Waals surface area contributed by atoms with E-state index in [0.29, 0.717) is 34.8 Å². The normalized spacial score (nSPS) is 22.9. The van der Waals surface area contributed by atoms with Crippen LogP contribution in [0.2, 0.25) is 0 Å². The summed E-state index contributed by atoms with van der Waals surface area (Å²) in [5, 5.41) is 0. The van der Waals surface area contributed by atoms with Gasteiger partial charge in [-0.15, -0.1) is 0 Å². The molecule has 3 aromatic heterocycles. The van der Waals surface area contributed by atoms with Gasteiger partial charge in [0.15, 0.2) is 6.10 Å². The van der Waals surface area contributed by atoms with Crippen LogP contribution in [0.5, 0.6) is 11.5 Å². The molecule has 4 fully saturated rings. The number of imidazole rings is 1. The number of nitrogens with zero attached hydrogens (tertiary/aromatic N) is 5. The summed E-state index contributed by atoms with van der Waals surface area (Å²) in [7, 11) is 0. The zero-order valence-electron chi connectivity index (χ0n) is 31.2. The fraction of sp³-hybridized carbons (Fsp3) is 0.500. The predicted octanol–water partition coefficient (Wildman–Crippen LogP) is 5.97. The van der Waals surface area contributed by atoms with E-state index in [2.05, 4.69) is 17.0 Å². The van der Waals surface area contributed by atoms with E-state index in [0.717, 1.165) is 74.4 Å². The Kier molecular flexibility index (Phi) is 10.0. The molecule has 2 aliphatic heterocycles. The minimum absolute atomic E-state index is 0.0757. The fourth-order valence-corrected chi connectivity index (χ4v) is 8.63. The van der Waals surface area contributed by atoms with Crippen LogP contribution in [-0.4, -0.2) is 68.4 Å². The smallest absolute Gasteiger partial charge is 0.275 e. The average Bonchev–Trinajstić information content (AvgIpc) is 3.92. The molecule has 12 nitrogen and oxygen atoms in total. The second-order valence-electron chi connectivity index (χ2n) is 15.9. The van der Waals surface area contributed by atoms with Gasteiger partial charge in [0.05, 0.1) is 17.4 Å². The lowest BCUT2D eigenvalue weighted by Crippen LogP contribution is -2.52. The number of hydrogen-bond donors (Lipinski definition) is 1. The van der Waals surface area contributed by atoms with E-state index in [1.165, 1.54) is 18.4 Å². The van der Waals surface area contributed by atoms with Crippen molar-refractivity contribution in [3.63, 3.8) is 0 Å². The highest BCUT2D eigenvalue weighted by atomic mass is 16.5. The molecule has 0 bridgehead atoms. The van der Waals surface area contributed by atoms with Gasteiger partial charge in [-0.3, -0.25) is 19.2 Å². The summed E-state index contributed by atoms with van der Waals surface area (Å²) in [6, 6.07) is 13.3. The summed E-state index contributed by atoms with van der Waals surface area (Å²) in [6.07, 6.45) is 13.6. The van der Waals surface area contributed by atoms with Crippen molar-refractivity contribution in [3.05, 3.63) is 88.2 Å². The van der Waals surface area contributed by atoms with Crippen molar-refractivity contribution in [1.82, 2.24) is 18.9 Å². The largest absolute Gasteiger partial charge is 0.490 e. The number of pyridine rings is 2. The van der Waals surface area contributed by atoms with Gasteiger partial charge < -0.3 is 29.1 Å². The maximum atomic E-state index is 13.5. The van der Waals surface area contributed by atoms with E-state index in [4.69, 9.17) is 20.2 Å². The molecule has 1 unspecified atom stereocenters. The molecule has 2 aliphatic carbocycles. The van der Waals surface area contributed by atoms with E-state index in [-0.39, 0.29) is 42.1 Å². The number of rotatable bonds is 11. The van der Waals surface area contributed by atoms with Gasteiger partial charge in [0.2, 0.25) is 5.91 Å². The summed E-state index contributed by atoms with van der Waals surface area (Å²) in [5.74, 6) is 1.26. The minimum Gasteiger partial charge on any atom is -0.490 e. The van der Waals surface area contributed by atoms with Crippen molar-refractivity contribution in [1.29, 1.82) is 0 Å². The lowest BCUT2D eigenvalue weighted by atomic mass is 9.80. The molecule has 2 saturated heterocycles. The van der Waals surface area contributed by atoms with Crippen LogP contribution in [0.4, 0.5) is 5.69 Å². The fourth-order valence-electron chi connectivity index (χ4n) is 8.63. The van der Waals surface area contributed by atoms with Crippen LogP contribution in [0.25, 0.3) is 5.65 Å². The lowest BCUT2D eigenvalue weighted by molar-refractivity contribution is -0.134. The number of carbonyl (C=O) groups excluding carboxylic acids is 3. The number of nitrogens with two attached hydrogens (primary N) is 1. The number of hydrogen-bond acceptors (Lipinski definition) is 8. The third-order valence-electron chi connectivity index (χ3n) is 11.7. The third kappa shape index (κ3) is 7.53. The van der Waals surface area contributed by atoms with Crippen LogP contribution in [0.1, 0.15) is 118 Å². The number of primary amides is 1. The molecule has 4 aliphatic rings. The first-order valence-electron chi connectivity index (χ1n) is 19.7. The Bertz CT molecular complexity index is 2090. The Morgan fingerprint density at radius 2 is 1.65 bits per heavy atom. The standard InChI is InChI=1S/C42H50N6O6/c1-26(2)53-37-22-38-44-34(25-46(38)24-33(37)40(43)50)30-7-5-27(6-8-30)23-45-20-17-29(18-21-45)28-9-13-32(14-10-28)54-36-15-16-39(49)48(42(36)52)35-4-3-19-47(41(35)51)31-11-12-31/h3-4,9-10,13-14,19,22,24-27,29-31,36H,5-8,11-12,15-18,20-21,23H2,1-2H3,(H2,43,50). The molecule has 12 heteroatoms. The van der Waals surface area contributed by atoms with Crippen LogP contribution >= 0.6 is 0 Å². The van der Waals surface area contributed by atoms with Crippen LogP contribution in [0.15, 0.2) is 65.8 Å². The highest BCUT2D eigenvalue weighted by Crippen LogP contribution is 2.38. The number of carbonyl (C=O) groups is 3. The number of fused-ring (bicyclic) bond motifs is 1. The van der Waals surface area contributed by atoms with Gasteiger partial charge in [0.1, 0.15) is 22.8 Å². The second kappa shape index (κ2) is 15.0. The zero-order valence-corrected chi connectivity index (χ0v) is 31.2. The number of likely N-dealkylation sites (tertiary alicyclic amines) is 1. The molecule has 3 amide bonds. The SMILES string of the molecule is CC(C)Oc1cc2nc(C3CCC(CN4CCC(c5ccc(OC6CCC(=O)N(c7cccn(C8CC8)c7=O)C6=O)cc5)CC4)CC3)cn2cc1C(N)=O. The van der Waals surface area contributed by atoms with Crippen molar-refractivity contribution in [2.75, 3.05) is 24.5 Å². The van der Waals surface area contributed by atoms with Crippen LogP contribution in [0, 0.1) is 5.92 Å². The lowest BCUT2D eigenvalue weighted by Gasteiger charge is -2.36. The highest BCUT2D eigenvalue weighted by molar-refractivity contribution is 6.18. The molecular weight excluding hydrogens is 684 g/mol. The Hall–Kier alpha value is -4.97. The number of anilines is 1. The van der Waals surface area contributed by atoms with Gasteiger partial charge in [0.25, 0.3) is 17.4 Å². The van der Waals surface area contributed by atoms with E-state index in [1.54, 1.807) is 29.1 Å². The third-order valence-corrected chi connectivity index (χ3v) is 11.7. The van der Waals surface area contributed by atoms with Gasteiger partial charge in [-0.2, -0.15) is 0 Å². The molecule has 0 radical (unpaired) electrons. The quantitative estimate of drug-likeness (QED) is 0.186. The van der Waals surface area contributed by atoms with Crippen molar-refractivity contribution in [3.8, 4) is 11.5 Å². The number of piperidine rings is 2. The van der Waals surface area contributed by atoms with E-state index < -0.39 is 17.9 Å². The number of benzene rings is 1. The maximum Gasteiger partial charge on any atom is 0.275 e. The Balaban J connectivity index is 0.812. The molecule has 8 rings (SSSR count). The first kappa shape index (κ1) is 36.0. The minimum atomic E-state index is -0.824. The van der Waals surface area contributed by atoms with Gasteiger partial charge in [-0.05, 0) is 120 Å². The van der Waals surface area contributed by atoms with Crippen molar-refractivity contribution in [2.45, 2.75) is 108 Å². The molecule has 284 valence electrons. The Morgan fingerprint density at radius 1 is 0.907 bits per heavy atom. The summed E-state index contributed by atoms with van der Waals surface area (Å²) in [4.78, 5) is 60.1. The molecule has 1 atom stereocenters. The van der Waals surface area contributed by atoms with Gasteiger partial charge in [0, 0.05) is 56.0 Å². The first-order chi connectivity index (χ1) is 26.1. The highest BCUT2D eigenvalue weighted by Gasteiger charge is 2.39. The summed E-state index contributed by atoms with van der Waals surface area (Å²) < 4.78 is 15.5. The number of ether oxygens (including phenoxy) is 2. The van der Waals surface area contributed by atoms with Crippen molar-refractivity contribution < 1.29 is 23.9 Å². The number of amides is 3. The molecule has 0 spiro atoms. The Morgan fingerprint density at radius 3 is 2.33 bits per heavy atom. The van der Waals surface area contributed by atoms with Gasteiger partial charge in [-0.1, -0.05) is 12.1 Å². The molecule has 4 aromatic rings. The summed E-state index contributed by atoms with van der Waals surface area (Å²) in [5.41, 5.74) is 8.93. The summed E-state index contributed by atoms with van der Waals surface area (Å²) >= 11 is 0. The van der Waals surface area contributed by atoms with Crippen LogP contribution in [0.3, 0.4) is 0 Å². The van der Waals surface area contributed by atoms with Crippen molar-refractivity contribution >= 4 is 29.1 Å². The van der Waals surface area contributed by atoms with Gasteiger partial charge >= 0.3 is 0 Å². The molecule has 1 aromatic carbocycles. The number of imide groups is 1. The monoisotopic (exact) mass is 734 g/mol. The molecule has 2 saturated carbocycles. The van der Waals surface area contributed by atoms with Gasteiger partial charge in [-0.25, -0.2) is 9.88 Å². The summed E-state index contributed by atoms with van der Waals surface area (Å²) in [6.45, 7) is 7.11. The van der Waals surface area contributed by atoms with E-state index >= 15 is 0 Å². The number of aromatic nitrogens is 3. The molecular formula is C42H50N6O6. The average molecular weight is 735 g/mol. The van der Waals surface area contributed by atoms with Crippen LogP contribution < -0.4 is 25.7 Å². The first-order valence-corrected chi connectivity index (χ1v) is 19.7. The molecule has 2 N–H and O–H groups in total. The van der Waals surface area contributed by atoms with Crippen LogP contribution in [-0.2, 0) is 9.59 Å². The Labute approximate surface area is 315 Å².